The van der Waals surface area contributed by atoms with E-state index in [1.165, 1.54) is 22.5 Å². The Balaban J connectivity index is 2.08. The maximum Gasteiger partial charge on any atom is 0.126 e. The van der Waals surface area contributed by atoms with Crippen LogP contribution in [0.2, 0.25) is 4.34 Å². The molecule has 1 aromatic carbocycles. The van der Waals surface area contributed by atoms with Crippen LogP contribution in [0.3, 0.4) is 0 Å². The SMILES string of the molecule is Cc1cc(C)cc(-n2cc(N)c(-c3ccc(Cl)s3)n2)c1. The molecule has 0 saturated carbocycles. The van der Waals surface area contributed by atoms with Gasteiger partial charge in [0.1, 0.15) is 5.69 Å². The minimum absolute atomic E-state index is 0.655. The number of nitrogen functional groups attached to an aromatic ring is 1. The lowest BCUT2D eigenvalue weighted by atomic mass is 10.1. The summed E-state index contributed by atoms with van der Waals surface area (Å²) in [5, 5.41) is 4.59. The topological polar surface area (TPSA) is 43.8 Å². The molecule has 0 aliphatic heterocycles. The van der Waals surface area contributed by atoms with Crippen molar-refractivity contribution < 1.29 is 0 Å². The molecule has 2 N–H and O–H groups in total. The summed E-state index contributed by atoms with van der Waals surface area (Å²) in [5.41, 5.74) is 10.9. The van der Waals surface area contributed by atoms with Gasteiger partial charge in [0.15, 0.2) is 0 Å². The summed E-state index contributed by atoms with van der Waals surface area (Å²) in [6, 6.07) is 10.1. The van der Waals surface area contributed by atoms with Gasteiger partial charge >= 0.3 is 0 Å². The van der Waals surface area contributed by atoms with Crippen LogP contribution in [-0.4, -0.2) is 9.78 Å². The van der Waals surface area contributed by atoms with Crippen molar-refractivity contribution in [3.8, 4) is 16.3 Å². The lowest BCUT2D eigenvalue weighted by Crippen LogP contribution is -1.96. The Morgan fingerprint density at radius 2 is 1.85 bits per heavy atom. The fourth-order valence-corrected chi connectivity index (χ4v) is 3.29. The molecule has 20 heavy (non-hydrogen) atoms. The van der Waals surface area contributed by atoms with Crippen LogP contribution in [0.5, 0.6) is 0 Å². The highest BCUT2D eigenvalue weighted by Gasteiger charge is 2.12. The zero-order valence-corrected chi connectivity index (χ0v) is 12.8. The van der Waals surface area contributed by atoms with Crippen LogP contribution < -0.4 is 5.73 Å². The summed E-state index contributed by atoms with van der Waals surface area (Å²) >= 11 is 7.45. The van der Waals surface area contributed by atoms with Crippen molar-refractivity contribution >= 4 is 28.6 Å². The van der Waals surface area contributed by atoms with Gasteiger partial charge in [0.25, 0.3) is 0 Å². The summed E-state index contributed by atoms with van der Waals surface area (Å²) in [6.07, 6.45) is 1.84. The van der Waals surface area contributed by atoms with Gasteiger partial charge in [0.2, 0.25) is 0 Å². The third kappa shape index (κ3) is 2.44. The van der Waals surface area contributed by atoms with E-state index in [0.29, 0.717) is 5.69 Å². The molecule has 102 valence electrons. The predicted molar refractivity (Wildman–Crippen MR) is 85.8 cm³/mol. The number of rotatable bonds is 2. The first-order valence-corrected chi connectivity index (χ1v) is 7.42. The second-order valence-corrected chi connectivity index (χ2v) is 6.54. The summed E-state index contributed by atoms with van der Waals surface area (Å²) in [6.45, 7) is 4.15. The summed E-state index contributed by atoms with van der Waals surface area (Å²) in [5.74, 6) is 0. The van der Waals surface area contributed by atoms with Gasteiger partial charge in [-0.15, -0.1) is 11.3 Å². The third-order valence-corrected chi connectivity index (χ3v) is 4.26. The zero-order valence-electron chi connectivity index (χ0n) is 11.2. The molecule has 2 heterocycles. The zero-order chi connectivity index (χ0) is 14.3. The molecule has 0 bridgehead atoms. The standard InChI is InChI=1S/C15H14ClN3S/c1-9-5-10(2)7-11(6-9)19-8-12(17)15(18-19)13-3-4-14(16)20-13/h3-8H,17H2,1-2H3. The van der Waals surface area contributed by atoms with Crippen LogP contribution in [0.1, 0.15) is 11.1 Å². The molecule has 0 unspecified atom stereocenters. The second-order valence-electron chi connectivity index (χ2n) is 4.83. The van der Waals surface area contributed by atoms with Crippen LogP contribution in [-0.2, 0) is 0 Å². The number of thiophene rings is 1. The van der Waals surface area contributed by atoms with E-state index in [1.54, 1.807) is 0 Å². The molecule has 0 amide bonds. The average molecular weight is 304 g/mol. The van der Waals surface area contributed by atoms with Crippen LogP contribution in [0, 0.1) is 13.8 Å². The Kier molecular flexibility index (Phi) is 3.28. The van der Waals surface area contributed by atoms with Gasteiger partial charge in [-0.25, -0.2) is 4.68 Å². The van der Waals surface area contributed by atoms with Gasteiger partial charge in [0, 0.05) is 0 Å². The molecule has 3 aromatic rings. The van der Waals surface area contributed by atoms with Crippen molar-refractivity contribution in [2.75, 3.05) is 5.73 Å². The summed E-state index contributed by atoms with van der Waals surface area (Å²) < 4.78 is 2.55. The van der Waals surface area contributed by atoms with Crippen LogP contribution in [0.4, 0.5) is 5.69 Å². The van der Waals surface area contributed by atoms with E-state index < -0.39 is 0 Å². The molecule has 0 spiro atoms. The first kappa shape index (κ1) is 13.2. The first-order valence-electron chi connectivity index (χ1n) is 6.22. The molecule has 2 aromatic heterocycles. The van der Waals surface area contributed by atoms with E-state index in [0.717, 1.165) is 20.6 Å². The van der Waals surface area contributed by atoms with E-state index in [9.17, 15) is 0 Å². The average Bonchev–Trinajstić information content (AvgIpc) is 2.94. The Bertz CT molecular complexity index is 753. The number of anilines is 1. The largest absolute Gasteiger partial charge is 0.396 e. The Hall–Kier alpha value is -1.78. The van der Waals surface area contributed by atoms with Crippen molar-refractivity contribution in [2.24, 2.45) is 0 Å². The van der Waals surface area contributed by atoms with Gasteiger partial charge in [-0.05, 0) is 49.2 Å². The summed E-state index contributed by atoms with van der Waals surface area (Å²) in [4.78, 5) is 0.982. The lowest BCUT2D eigenvalue weighted by molar-refractivity contribution is 0.882. The quantitative estimate of drug-likeness (QED) is 0.760. The Morgan fingerprint density at radius 3 is 2.45 bits per heavy atom. The maximum absolute atomic E-state index is 6.08. The van der Waals surface area contributed by atoms with E-state index in [2.05, 4.69) is 37.1 Å². The number of halogens is 1. The molecule has 5 heteroatoms. The fraction of sp³-hybridized carbons (Fsp3) is 0.133. The first-order chi connectivity index (χ1) is 9.52. The van der Waals surface area contributed by atoms with E-state index in [-0.39, 0.29) is 0 Å². The number of nitrogens with zero attached hydrogens (tertiary/aromatic N) is 2. The van der Waals surface area contributed by atoms with Crippen LogP contribution >= 0.6 is 22.9 Å². The Labute approximate surface area is 126 Å². The van der Waals surface area contributed by atoms with Gasteiger partial charge < -0.3 is 5.73 Å². The predicted octanol–water partition coefficient (Wildman–Crippen LogP) is 4.45. The molecule has 3 nitrogen and oxygen atoms in total. The van der Waals surface area contributed by atoms with Crippen LogP contribution in [0.25, 0.3) is 16.3 Å². The number of nitrogens with two attached hydrogens (primary N) is 1. The number of aryl methyl sites for hydroxylation is 2. The number of benzene rings is 1. The van der Waals surface area contributed by atoms with Crippen molar-refractivity contribution in [2.45, 2.75) is 13.8 Å². The summed E-state index contributed by atoms with van der Waals surface area (Å²) in [7, 11) is 0. The molecular weight excluding hydrogens is 290 g/mol. The van der Waals surface area contributed by atoms with Crippen molar-refractivity contribution in [3.63, 3.8) is 0 Å². The molecule has 0 aliphatic rings. The highest BCUT2D eigenvalue weighted by Crippen LogP contribution is 2.33. The van der Waals surface area contributed by atoms with E-state index in [4.69, 9.17) is 17.3 Å². The van der Waals surface area contributed by atoms with Crippen molar-refractivity contribution in [1.82, 2.24) is 9.78 Å². The molecule has 0 aliphatic carbocycles. The lowest BCUT2D eigenvalue weighted by Gasteiger charge is -2.04. The minimum Gasteiger partial charge on any atom is -0.396 e. The maximum atomic E-state index is 6.08. The fourth-order valence-electron chi connectivity index (χ4n) is 2.24. The highest BCUT2D eigenvalue weighted by molar-refractivity contribution is 7.19. The van der Waals surface area contributed by atoms with Gasteiger partial charge in [-0.1, -0.05) is 17.7 Å². The molecule has 0 fully saturated rings. The minimum atomic E-state index is 0.655. The number of aromatic nitrogens is 2. The normalized spacial score (nSPS) is 10.9. The van der Waals surface area contributed by atoms with E-state index in [1.807, 2.05) is 23.0 Å². The molecular formula is C15H14ClN3S. The van der Waals surface area contributed by atoms with Gasteiger partial charge in [0.05, 0.1) is 26.8 Å². The monoisotopic (exact) mass is 303 g/mol. The number of hydrogen-bond donors (Lipinski definition) is 1. The smallest absolute Gasteiger partial charge is 0.126 e. The van der Waals surface area contributed by atoms with Crippen molar-refractivity contribution in [3.05, 3.63) is 52.0 Å². The highest BCUT2D eigenvalue weighted by atomic mass is 35.5. The third-order valence-electron chi connectivity index (χ3n) is 3.02. The van der Waals surface area contributed by atoms with Crippen molar-refractivity contribution in [1.29, 1.82) is 0 Å². The molecule has 0 atom stereocenters. The molecule has 0 saturated heterocycles. The van der Waals surface area contributed by atoms with Gasteiger partial charge in [-0.2, -0.15) is 5.10 Å². The van der Waals surface area contributed by atoms with E-state index >= 15 is 0 Å². The Morgan fingerprint density at radius 1 is 1.15 bits per heavy atom. The number of hydrogen-bond acceptors (Lipinski definition) is 3. The van der Waals surface area contributed by atoms with Crippen LogP contribution in [0.15, 0.2) is 36.5 Å². The van der Waals surface area contributed by atoms with Gasteiger partial charge in [-0.3, -0.25) is 0 Å². The second kappa shape index (κ2) is 4.96. The molecule has 0 radical (unpaired) electrons. The molecule has 3 rings (SSSR count).